The zero-order valence-electron chi connectivity index (χ0n) is 13.6. The third-order valence-corrected chi connectivity index (χ3v) is 4.02. The fourth-order valence-electron chi connectivity index (χ4n) is 2.71. The minimum atomic E-state index is 0.0903. The molecule has 0 atom stereocenters. The van der Waals surface area contributed by atoms with E-state index in [0.29, 0.717) is 17.9 Å². The normalized spacial score (nSPS) is 11.2. The maximum atomic E-state index is 9.03. The summed E-state index contributed by atoms with van der Waals surface area (Å²) in [4.78, 5) is 8.89. The molecule has 4 rings (SSSR count). The number of fused-ring (bicyclic) bond motifs is 1. The summed E-state index contributed by atoms with van der Waals surface area (Å²) in [6.45, 7) is 0.0903. The van der Waals surface area contributed by atoms with Crippen molar-refractivity contribution < 1.29 is 5.11 Å². The maximum Gasteiger partial charge on any atom is 0.201 e. The summed E-state index contributed by atoms with van der Waals surface area (Å²) < 4.78 is 1.69. The van der Waals surface area contributed by atoms with Gasteiger partial charge in [0.25, 0.3) is 0 Å². The van der Waals surface area contributed by atoms with Gasteiger partial charge in [-0.1, -0.05) is 30.3 Å². The summed E-state index contributed by atoms with van der Waals surface area (Å²) >= 11 is 0. The Bertz CT molecular complexity index is 976. The lowest BCUT2D eigenvalue weighted by molar-refractivity contribution is 0.299. The average Bonchev–Trinajstić information content (AvgIpc) is 3.27. The van der Waals surface area contributed by atoms with Crippen molar-refractivity contribution in [2.24, 2.45) is 0 Å². The van der Waals surface area contributed by atoms with Crippen LogP contribution in [-0.4, -0.2) is 41.5 Å². The predicted octanol–water partition coefficient (Wildman–Crippen LogP) is 1.83. The van der Waals surface area contributed by atoms with Crippen LogP contribution >= 0.6 is 0 Å². The molecule has 25 heavy (non-hydrogen) atoms. The lowest BCUT2D eigenvalue weighted by atomic mass is 10.1. The second kappa shape index (κ2) is 6.82. The molecular weight excluding hydrogens is 316 g/mol. The number of nitrogens with one attached hydrogen (secondary N) is 1. The zero-order chi connectivity index (χ0) is 17.1. The van der Waals surface area contributed by atoms with Gasteiger partial charge in [-0.15, -0.1) is 0 Å². The summed E-state index contributed by atoms with van der Waals surface area (Å²) in [7, 11) is 0. The van der Waals surface area contributed by atoms with Gasteiger partial charge >= 0.3 is 0 Å². The quantitative estimate of drug-likeness (QED) is 0.561. The highest BCUT2D eigenvalue weighted by Crippen LogP contribution is 2.16. The predicted molar refractivity (Wildman–Crippen MR) is 93.0 cm³/mol. The van der Waals surface area contributed by atoms with Crippen molar-refractivity contribution in [2.45, 2.75) is 19.3 Å². The highest BCUT2D eigenvalue weighted by molar-refractivity contribution is 5.57. The number of rotatable bonds is 6. The number of hydrogen-bond acceptors (Lipinski definition) is 5. The number of aromatic amines is 1. The molecule has 7 heteroatoms. The van der Waals surface area contributed by atoms with E-state index in [1.807, 2.05) is 30.5 Å². The maximum absolute atomic E-state index is 9.03. The molecule has 0 saturated carbocycles. The summed E-state index contributed by atoms with van der Waals surface area (Å²) in [5.41, 5.74) is 3.61. The highest BCUT2D eigenvalue weighted by atomic mass is 16.2. The van der Waals surface area contributed by atoms with Gasteiger partial charge in [0.2, 0.25) is 5.82 Å². The second-order valence-corrected chi connectivity index (χ2v) is 5.86. The van der Waals surface area contributed by atoms with E-state index in [9.17, 15) is 0 Å². The monoisotopic (exact) mass is 334 g/mol. The molecule has 3 heterocycles. The third-order valence-electron chi connectivity index (χ3n) is 4.02. The van der Waals surface area contributed by atoms with E-state index in [1.54, 1.807) is 10.7 Å². The van der Waals surface area contributed by atoms with Crippen LogP contribution in [-0.2, 0) is 19.3 Å². The Morgan fingerprint density at radius 2 is 1.92 bits per heavy atom. The van der Waals surface area contributed by atoms with Crippen LogP contribution in [0.15, 0.2) is 48.8 Å². The van der Waals surface area contributed by atoms with Crippen LogP contribution in [0.25, 0.3) is 17.2 Å². The van der Waals surface area contributed by atoms with Crippen LogP contribution in [0, 0.1) is 0 Å². The molecule has 0 unspecified atom stereocenters. The Balaban J connectivity index is 1.52. The van der Waals surface area contributed by atoms with Crippen molar-refractivity contribution in [2.75, 3.05) is 6.61 Å². The van der Waals surface area contributed by atoms with Gasteiger partial charge in [-0.3, -0.25) is 5.10 Å². The van der Waals surface area contributed by atoms with E-state index >= 15 is 0 Å². The Morgan fingerprint density at radius 3 is 2.76 bits per heavy atom. The molecule has 0 saturated heterocycles. The average molecular weight is 334 g/mol. The molecule has 0 aliphatic rings. The third kappa shape index (κ3) is 3.41. The number of aliphatic hydroxyl groups excluding tert-OH is 1. The first-order chi connectivity index (χ1) is 12.3. The number of aromatic nitrogens is 6. The molecule has 0 bridgehead atoms. The Morgan fingerprint density at radius 1 is 1.04 bits per heavy atom. The van der Waals surface area contributed by atoms with Gasteiger partial charge in [0.1, 0.15) is 11.5 Å². The summed E-state index contributed by atoms with van der Waals surface area (Å²) in [5.74, 6) is 1.40. The molecule has 4 aromatic rings. The molecule has 3 aromatic heterocycles. The van der Waals surface area contributed by atoms with E-state index in [-0.39, 0.29) is 6.61 Å². The standard InChI is InChI=1S/C18H18N6O/c25-9-8-14-11-19-17-10-15(23-24(17)12-14)18-20-16(21-22-18)7-6-13-4-2-1-3-5-13/h1-5,10-12,25H,6-9H2,(H,20,21,22). The van der Waals surface area contributed by atoms with Crippen molar-refractivity contribution >= 4 is 5.65 Å². The topological polar surface area (TPSA) is 92.0 Å². The molecule has 126 valence electrons. The SMILES string of the molecule is OCCc1cnc2cc(-c3n[nH]c(CCc4ccccc4)n3)nn2c1. The van der Waals surface area contributed by atoms with Gasteiger partial charge in [-0.25, -0.2) is 14.5 Å². The van der Waals surface area contributed by atoms with Crippen LogP contribution in [0.4, 0.5) is 0 Å². The van der Waals surface area contributed by atoms with E-state index in [4.69, 9.17) is 5.11 Å². The van der Waals surface area contributed by atoms with Crippen LogP contribution < -0.4 is 0 Å². The number of H-pyrrole nitrogens is 1. The summed E-state index contributed by atoms with van der Waals surface area (Å²) in [5, 5.41) is 20.8. The van der Waals surface area contributed by atoms with Crippen LogP contribution in [0.1, 0.15) is 17.0 Å². The Hall–Kier alpha value is -3.06. The lowest BCUT2D eigenvalue weighted by Gasteiger charge is -1.97. The number of aliphatic hydroxyl groups is 1. The molecular formula is C18H18N6O. The number of nitrogens with zero attached hydrogens (tertiary/aromatic N) is 5. The zero-order valence-corrected chi connectivity index (χ0v) is 13.6. The number of aryl methyl sites for hydroxylation is 2. The van der Waals surface area contributed by atoms with Gasteiger partial charge in [-0.2, -0.15) is 10.2 Å². The van der Waals surface area contributed by atoms with Crippen molar-refractivity contribution in [3.63, 3.8) is 0 Å². The van der Waals surface area contributed by atoms with Gasteiger partial charge in [0, 0.05) is 31.5 Å². The molecule has 0 spiro atoms. The second-order valence-electron chi connectivity index (χ2n) is 5.86. The lowest BCUT2D eigenvalue weighted by Crippen LogP contribution is -1.97. The van der Waals surface area contributed by atoms with Gasteiger partial charge in [0.15, 0.2) is 5.65 Å². The Labute approximate surface area is 144 Å². The van der Waals surface area contributed by atoms with Crippen molar-refractivity contribution in [1.29, 1.82) is 0 Å². The molecule has 1 aromatic carbocycles. The molecule has 0 amide bonds. The van der Waals surface area contributed by atoms with Crippen LogP contribution in [0.5, 0.6) is 0 Å². The first-order valence-corrected chi connectivity index (χ1v) is 8.22. The minimum Gasteiger partial charge on any atom is -0.396 e. The Kier molecular flexibility index (Phi) is 4.22. The molecule has 0 fully saturated rings. The van der Waals surface area contributed by atoms with Gasteiger partial charge in [-0.05, 0) is 24.0 Å². The smallest absolute Gasteiger partial charge is 0.201 e. The van der Waals surface area contributed by atoms with E-state index in [0.717, 1.165) is 29.9 Å². The molecule has 0 aliphatic carbocycles. The van der Waals surface area contributed by atoms with Crippen LogP contribution in [0.2, 0.25) is 0 Å². The molecule has 2 N–H and O–H groups in total. The molecule has 0 radical (unpaired) electrons. The first kappa shape index (κ1) is 15.5. The molecule has 7 nitrogen and oxygen atoms in total. The van der Waals surface area contributed by atoms with Crippen molar-refractivity contribution in [1.82, 2.24) is 29.8 Å². The largest absolute Gasteiger partial charge is 0.396 e. The first-order valence-electron chi connectivity index (χ1n) is 8.22. The summed E-state index contributed by atoms with van der Waals surface area (Å²) in [6.07, 6.45) is 5.88. The van der Waals surface area contributed by atoms with Crippen LogP contribution in [0.3, 0.4) is 0 Å². The highest BCUT2D eigenvalue weighted by Gasteiger charge is 2.11. The fourth-order valence-corrected chi connectivity index (χ4v) is 2.71. The number of hydrogen-bond donors (Lipinski definition) is 2. The van der Waals surface area contributed by atoms with Crippen molar-refractivity contribution in [3.05, 3.63) is 65.7 Å². The minimum absolute atomic E-state index is 0.0903. The van der Waals surface area contributed by atoms with E-state index in [2.05, 4.69) is 37.4 Å². The molecule has 0 aliphatic heterocycles. The van der Waals surface area contributed by atoms with Gasteiger partial charge < -0.3 is 5.11 Å². The number of benzene rings is 1. The van der Waals surface area contributed by atoms with Gasteiger partial charge in [0.05, 0.1) is 0 Å². The van der Waals surface area contributed by atoms with E-state index in [1.165, 1.54) is 5.56 Å². The van der Waals surface area contributed by atoms with Crippen molar-refractivity contribution in [3.8, 4) is 11.5 Å². The summed E-state index contributed by atoms with van der Waals surface area (Å²) in [6, 6.07) is 12.2. The fraction of sp³-hybridized carbons (Fsp3) is 0.222. The van der Waals surface area contributed by atoms with E-state index < -0.39 is 0 Å².